The van der Waals surface area contributed by atoms with Crippen LogP contribution in [0.2, 0.25) is 0 Å². The van der Waals surface area contributed by atoms with Crippen molar-refractivity contribution in [1.82, 2.24) is 10.2 Å². The van der Waals surface area contributed by atoms with E-state index in [9.17, 15) is 9.59 Å². The van der Waals surface area contributed by atoms with Gasteiger partial charge in [-0.3, -0.25) is 14.5 Å². The zero-order chi connectivity index (χ0) is 16.7. The summed E-state index contributed by atoms with van der Waals surface area (Å²) >= 11 is 0. The Kier molecular flexibility index (Phi) is 8.97. The molecule has 6 heteroatoms. The van der Waals surface area contributed by atoms with Gasteiger partial charge in [0.05, 0.1) is 6.54 Å². The van der Waals surface area contributed by atoms with Crippen LogP contribution in [-0.4, -0.2) is 49.8 Å². The minimum Gasteiger partial charge on any atom is -0.325 e. The lowest BCUT2D eigenvalue weighted by Gasteiger charge is -2.31. The van der Waals surface area contributed by atoms with Crippen molar-refractivity contribution in [2.24, 2.45) is 5.92 Å². The van der Waals surface area contributed by atoms with Gasteiger partial charge < -0.3 is 10.6 Å². The Morgan fingerprint density at radius 2 is 1.96 bits per heavy atom. The second kappa shape index (κ2) is 10.4. The molecule has 0 radical (unpaired) electrons. The lowest BCUT2D eigenvalue weighted by molar-refractivity contribution is -0.117. The van der Waals surface area contributed by atoms with E-state index in [1.54, 1.807) is 18.2 Å². The van der Waals surface area contributed by atoms with Crippen LogP contribution < -0.4 is 10.6 Å². The van der Waals surface area contributed by atoms with Gasteiger partial charge in [-0.1, -0.05) is 12.1 Å². The summed E-state index contributed by atoms with van der Waals surface area (Å²) in [6.45, 7) is 4.98. The summed E-state index contributed by atoms with van der Waals surface area (Å²) in [5.74, 6) is 0.762. The van der Waals surface area contributed by atoms with Crippen molar-refractivity contribution in [1.29, 1.82) is 0 Å². The molecular weight excluding hydrogens is 326 g/mol. The monoisotopic (exact) mass is 353 g/mol. The fourth-order valence-electron chi connectivity index (χ4n) is 3.00. The SMILES string of the molecule is CNCCC1CCN(CC(=O)Nc2cccc(C(C)=O)c2)CC1.Cl. The minimum atomic E-state index is -0.0145. The van der Waals surface area contributed by atoms with Gasteiger partial charge in [-0.15, -0.1) is 12.4 Å². The highest BCUT2D eigenvalue weighted by molar-refractivity contribution is 5.97. The van der Waals surface area contributed by atoms with E-state index in [1.807, 2.05) is 13.1 Å². The number of Topliss-reactive ketones (excluding diaryl/α,β-unsaturated/α-hetero) is 1. The van der Waals surface area contributed by atoms with E-state index in [1.165, 1.54) is 13.3 Å². The van der Waals surface area contributed by atoms with Gasteiger partial charge in [-0.05, 0) is 70.9 Å². The number of nitrogens with zero attached hydrogens (tertiary/aromatic N) is 1. The van der Waals surface area contributed by atoms with Crippen molar-refractivity contribution < 1.29 is 9.59 Å². The second-order valence-corrected chi connectivity index (χ2v) is 6.30. The molecule has 0 aromatic heterocycles. The molecule has 0 aliphatic carbocycles. The molecule has 0 saturated carbocycles. The van der Waals surface area contributed by atoms with Gasteiger partial charge >= 0.3 is 0 Å². The third-order valence-corrected chi connectivity index (χ3v) is 4.43. The van der Waals surface area contributed by atoms with Gasteiger partial charge in [0, 0.05) is 11.3 Å². The molecule has 0 bridgehead atoms. The molecule has 2 N–H and O–H groups in total. The van der Waals surface area contributed by atoms with Gasteiger partial charge in [-0.2, -0.15) is 0 Å². The van der Waals surface area contributed by atoms with Crippen molar-refractivity contribution in [3.8, 4) is 0 Å². The number of halogens is 1. The number of rotatable bonds is 7. The van der Waals surface area contributed by atoms with Crippen LogP contribution in [0.3, 0.4) is 0 Å². The van der Waals surface area contributed by atoms with Crippen LogP contribution in [0.15, 0.2) is 24.3 Å². The first kappa shape index (κ1) is 20.6. The first-order valence-corrected chi connectivity index (χ1v) is 8.36. The minimum absolute atomic E-state index is 0. The van der Waals surface area contributed by atoms with E-state index in [4.69, 9.17) is 0 Å². The third-order valence-electron chi connectivity index (χ3n) is 4.43. The zero-order valence-electron chi connectivity index (χ0n) is 14.5. The molecule has 2 rings (SSSR count). The number of hydrogen-bond acceptors (Lipinski definition) is 4. The Labute approximate surface area is 150 Å². The van der Waals surface area contributed by atoms with Crippen molar-refractivity contribution in [2.45, 2.75) is 26.2 Å². The molecule has 1 aromatic carbocycles. The summed E-state index contributed by atoms with van der Waals surface area (Å²) in [6.07, 6.45) is 3.54. The largest absolute Gasteiger partial charge is 0.325 e. The van der Waals surface area contributed by atoms with Gasteiger partial charge in [0.2, 0.25) is 5.91 Å². The van der Waals surface area contributed by atoms with Gasteiger partial charge in [0.25, 0.3) is 0 Å². The summed E-state index contributed by atoms with van der Waals surface area (Å²) in [4.78, 5) is 25.8. The highest BCUT2D eigenvalue weighted by Gasteiger charge is 2.20. The number of likely N-dealkylation sites (tertiary alicyclic amines) is 1. The lowest BCUT2D eigenvalue weighted by atomic mass is 9.93. The molecule has 134 valence electrons. The van der Waals surface area contributed by atoms with E-state index < -0.39 is 0 Å². The van der Waals surface area contributed by atoms with Crippen LogP contribution >= 0.6 is 12.4 Å². The number of carbonyl (C=O) groups excluding carboxylic acids is 2. The Balaban J connectivity index is 0.00000288. The summed E-state index contributed by atoms with van der Waals surface area (Å²) in [5.41, 5.74) is 1.31. The average Bonchev–Trinajstić information content (AvgIpc) is 2.54. The van der Waals surface area contributed by atoms with Crippen LogP contribution in [0.1, 0.15) is 36.5 Å². The van der Waals surface area contributed by atoms with Crippen LogP contribution in [0, 0.1) is 5.92 Å². The molecule has 1 aliphatic rings. The van der Waals surface area contributed by atoms with Gasteiger partial charge in [0.15, 0.2) is 5.78 Å². The molecular formula is C18H28ClN3O2. The first-order valence-electron chi connectivity index (χ1n) is 8.36. The van der Waals surface area contributed by atoms with Gasteiger partial charge in [-0.25, -0.2) is 0 Å². The maximum absolute atomic E-state index is 12.2. The topological polar surface area (TPSA) is 61.4 Å². The molecule has 1 aromatic rings. The quantitative estimate of drug-likeness (QED) is 0.740. The molecule has 1 heterocycles. The molecule has 5 nitrogen and oxygen atoms in total. The van der Waals surface area contributed by atoms with E-state index in [0.717, 1.165) is 38.4 Å². The number of piperidine rings is 1. The molecule has 1 fully saturated rings. The molecule has 1 amide bonds. The van der Waals surface area contributed by atoms with Crippen molar-refractivity contribution in [2.75, 3.05) is 38.5 Å². The fraction of sp³-hybridized carbons (Fsp3) is 0.556. The number of carbonyl (C=O) groups is 2. The fourth-order valence-corrected chi connectivity index (χ4v) is 3.00. The lowest BCUT2D eigenvalue weighted by Crippen LogP contribution is -2.39. The van der Waals surface area contributed by atoms with Crippen LogP contribution in [0.25, 0.3) is 0 Å². The maximum Gasteiger partial charge on any atom is 0.238 e. The van der Waals surface area contributed by atoms with E-state index >= 15 is 0 Å². The van der Waals surface area contributed by atoms with E-state index in [-0.39, 0.29) is 24.1 Å². The number of ketones is 1. The average molecular weight is 354 g/mol. The predicted molar refractivity (Wildman–Crippen MR) is 100 cm³/mol. The highest BCUT2D eigenvalue weighted by Crippen LogP contribution is 2.20. The normalized spacial score (nSPS) is 15.6. The summed E-state index contributed by atoms with van der Waals surface area (Å²) in [5, 5.41) is 6.08. The first-order chi connectivity index (χ1) is 11.1. The number of benzene rings is 1. The Bertz CT molecular complexity index is 543. The van der Waals surface area contributed by atoms with E-state index in [2.05, 4.69) is 15.5 Å². The smallest absolute Gasteiger partial charge is 0.238 e. The molecule has 24 heavy (non-hydrogen) atoms. The predicted octanol–water partition coefficient (Wildman–Crippen LogP) is 2.57. The maximum atomic E-state index is 12.2. The van der Waals surface area contributed by atoms with Crippen LogP contribution in [0.5, 0.6) is 0 Å². The molecule has 1 saturated heterocycles. The number of hydrogen-bond donors (Lipinski definition) is 2. The number of anilines is 1. The third kappa shape index (κ3) is 6.59. The molecule has 1 aliphatic heterocycles. The van der Waals surface area contributed by atoms with Crippen molar-refractivity contribution >= 4 is 29.8 Å². The van der Waals surface area contributed by atoms with Crippen LogP contribution in [0.4, 0.5) is 5.69 Å². The van der Waals surface area contributed by atoms with Gasteiger partial charge in [0.1, 0.15) is 0 Å². The highest BCUT2D eigenvalue weighted by atomic mass is 35.5. The zero-order valence-corrected chi connectivity index (χ0v) is 15.3. The molecule has 0 spiro atoms. The standard InChI is InChI=1S/C18H27N3O2.ClH/c1-14(22)16-4-3-5-17(12-16)20-18(23)13-21-10-7-15(8-11-21)6-9-19-2;/h3-5,12,15,19H,6-11,13H2,1-2H3,(H,20,23);1H. The Hall–Kier alpha value is -1.43. The van der Waals surface area contributed by atoms with Crippen LogP contribution in [-0.2, 0) is 4.79 Å². The molecule has 0 unspecified atom stereocenters. The number of amides is 1. The summed E-state index contributed by atoms with van der Waals surface area (Å²) in [6, 6.07) is 7.09. The van der Waals surface area contributed by atoms with E-state index in [0.29, 0.717) is 17.8 Å². The summed E-state index contributed by atoms with van der Waals surface area (Å²) < 4.78 is 0. The summed E-state index contributed by atoms with van der Waals surface area (Å²) in [7, 11) is 1.99. The Morgan fingerprint density at radius 3 is 2.58 bits per heavy atom. The number of nitrogens with one attached hydrogen (secondary N) is 2. The van der Waals surface area contributed by atoms with Crippen molar-refractivity contribution in [3.05, 3.63) is 29.8 Å². The van der Waals surface area contributed by atoms with Crippen molar-refractivity contribution in [3.63, 3.8) is 0 Å². The Morgan fingerprint density at radius 1 is 1.25 bits per heavy atom. The second-order valence-electron chi connectivity index (χ2n) is 6.30. The molecule has 0 atom stereocenters.